The second kappa shape index (κ2) is 10.2. The molecule has 0 radical (unpaired) electrons. The number of aryl methyl sites for hydroxylation is 1. The third-order valence-corrected chi connectivity index (χ3v) is 5.28. The van der Waals surface area contributed by atoms with E-state index in [4.69, 9.17) is 9.47 Å². The van der Waals surface area contributed by atoms with Crippen LogP contribution in [0.1, 0.15) is 56.8 Å². The summed E-state index contributed by atoms with van der Waals surface area (Å²) in [6, 6.07) is 12.3. The number of methoxy groups -OCH3 is 1. The zero-order valence-corrected chi connectivity index (χ0v) is 18.1. The van der Waals surface area contributed by atoms with Crippen LogP contribution in [0, 0.1) is 6.92 Å². The van der Waals surface area contributed by atoms with E-state index in [1.54, 1.807) is 31.1 Å². The fraction of sp³-hybridized carbons (Fsp3) is 0.375. The van der Waals surface area contributed by atoms with E-state index in [2.05, 4.69) is 5.32 Å². The summed E-state index contributed by atoms with van der Waals surface area (Å²) in [6.07, 6.45) is 0.00553. The number of nitrogens with one attached hydrogen (secondary N) is 1. The minimum Gasteiger partial charge on any atom is -0.466 e. The van der Waals surface area contributed by atoms with Crippen LogP contribution in [0.5, 0.6) is 0 Å². The highest BCUT2D eigenvalue weighted by Gasteiger charge is 2.32. The summed E-state index contributed by atoms with van der Waals surface area (Å²) < 4.78 is 10.2. The van der Waals surface area contributed by atoms with Gasteiger partial charge in [-0.3, -0.25) is 14.4 Å². The molecule has 2 amide bonds. The molecule has 1 heterocycles. The van der Waals surface area contributed by atoms with E-state index in [0.29, 0.717) is 30.8 Å². The van der Waals surface area contributed by atoms with Crippen molar-refractivity contribution in [1.29, 1.82) is 0 Å². The van der Waals surface area contributed by atoms with Gasteiger partial charge in [0.05, 0.1) is 36.8 Å². The molecule has 1 atom stereocenters. The van der Waals surface area contributed by atoms with E-state index in [1.165, 1.54) is 0 Å². The van der Waals surface area contributed by atoms with Gasteiger partial charge < -0.3 is 19.7 Å². The van der Waals surface area contributed by atoms with Gasteiger partial charge >= 0.3 is 5.97 Å². The van der Waals surface area contributed by atoms with Gasteiger partial charge in [-0.05, 0) is 31.0 Å². The van der Waals surface area contributed by atoms with Crippen molar-refractivity contribution < 1.29 is 23.9 Å². The fourth-order valence-corrected chi connectivity index (χ4v) is 3.66. The van der Waals surface area contributed by atoms with Gasteiger partial charge in [-0.1, -0.05) is 42.0 Å². The Kier molecular flexibility index (Phi) is 7.41. The average molecular weight is 424 g/mol. The van der Waals surface area contributed by atoms with Crippen molar-refractivity contribution in [3.05, 3.63) is 70.3 Å². The molecule has 0 fully saturated rings. The standard InChI is InChI=1S/C24H28N2O5/c1-4-31-21(27)14-20(17-10-8-16(2)9-11-17)25-23(28)19-7-5-6-18-15-26(12-13-30-3)24(29)22(18)19/h5-11,20H,4,12-15H2,1-3H3,(H,25,28)/t20-/m1/s1. The maximum atomic E-state index is 13.2. The average Bonchev–Trinajstić information content (AvgIpc) is 3.08. The Balaban J connectivity index is 1.84. The number of carbonyl (C=O) groups excluding carboxylic acids is 3. The highest BCUT2D eigenvalue weighted by Crippen LogP contribution is 2.27. The molecule has 3 rings (SSSR count). The van der Waals surface area contributed by atoms with Crippen molar-refractivity contribution in [2.24, 2.45) is 0 Å². The van der Waals surface area contributed by atoms with Crippen LogP contribution >= 0.6 is 0 Å². The van der Waals surface area contributed by atoms with E-state index in [0.717, 1.165) is 16.7 Å². The zero-order chi connectivity index (χ0) is 22.4. The maximum absolute atomic E-state index is 13.2. The lowest BCUT2D eigenvalue weighted by Crippen LogP contribution is -2.32. The first-order chi connectivity index (χ1) is 14.9. The number of rotatable bonds is 9. The second-order valence-electron chi connectivity index (χ2n) is 7.51. The Hall–Kier alpha value is -3.19. The molecule has 31 heavy (non-hydrogen) atoms. The Labute approximate surface area is 182 Å². The normalized spacial score (nSPS) is 13.6. The van der Waals surface area contributed by atoms with Gasteiger partial charge in [0.2, 0.25) is 0 Å². The van der Waals surface area contributed by atoms with Crippen LogP contribution in [0.2, 0.25) is 0 Å². The molecule has 0 unspecified atom stereocenters. The fourth-order valence-electron chi connectivity index (χ4n) is 3.66. The third-order valence-electron chi connectivity index (χ3n) is 5.28. The van der Waals surface area contributed by atoms with E-state index >= 15 is 0 Å². The van der Waals surface area contributed by atoms with Crippen molar-refractivity contribution >= 4 is 17.8 Å². The summed E-state index contributed by atoms with van der Waals surface area (Å²) in [5, 5.41) is 2.93. The van der Waals surface area contributed by atoms with Gasteiger partial charge in [0, 0.05) is 20.2 Å². The molecule has 1 aliphatic rings. The van der Waals surface area contributed by atoms with Gasteiger partial charge in [0.1, 0.15) is 0 Å². The van der Waals surface area contributed by atoms with Crippen LogP contribution < -0.4 is 5.32 Å². The first-order valence-corrected chi connectivity index (χ1v) is 10.4. The molecule has 164 valence electrons. The number of fused-ring (bicyclic) bond motifs is 1. The van der Waals surface area contributed by atoms with Gasteiger partial charge in [-0.15, -0.1) is 0 Å². The highest BCUT2D eigenvalue weighted by atomic mass is 16.5. The lowest BCUT2D eigenvalue weighted by Gasteiger charge is -2.20. The van der Waals surface area contributed by atoms with Gasteiger partial charge in [-0.2, -0.15) is 0 Å². The molecule has 0 saturated carbocycles. The number of hydrogen-bond donors (Lipinski definition) is 1. The molecule has 0 aliphatic carbocycles. The van der Waals surface area contributed by atoms with Crippen molar-refractivity contribution in [1.82, 2.24) is 10.2 Å². The third kappa shape index (κ3) is 5.30. The number of nitrogens with zero attached hydrogens (tertiary/aromatic N) is 1. The summed E-state index contributed by atoms with van der Waals surface area (Å²) in [4.78, 5) is 39.9. The van der Waals surface area contributed by atoms with Crippen molar-refractivity contribution in [3.8, 4) is 0 Å². The van der Waals surface area contributed by atoms with E-state index < -0.39 is 17.9 Å². The van der Waals surface area contributed by atoms with Gasteiger partial charge in [0.15, 0.2) is 0 Å². The topological polar surface area (TPSA) is 84.9 Å². The monoisotopic (exact) mass is 424 g/mol. The molecule has 0 bridgehead atoms. The Morgan fingerprint density at radius 3 is 2.58 bits per heavy atom. The van der Waals surface area contributed by atoms with E-state index in [1.807, 2.05) is 37.3 Å². The molecule has 7 heteroatoms. The first kappa shape index (κ1) is 22.5. The number of benzene rings is 2. The number of carbonyl (C=O) groups is 3. The smallest absolute Gasteiger partial charge is 0.308 e. The molecule has 0 spiro atoms. The molecule has 2 aromatic rings. The minimum absolute atomic E-state index is 0.00553. The lowest BCUT2D eigenvalue weighted by atomic mass is 9.99. The number of hydrogen-bond acceptors (Lipinski definition) is 5. The predicted molar refractivity (Wildman–Crippen MR) is 116 cm³/mol. The Bertz CT molecular complexity index is 955. The second-order valence-corrected chi connectivity index (χ2v) is 7.51. The van der Waals surface area contributed by atoms with Crippen LogP contribution in [-0.2, 0) is 20.8 Å². The summed E-state index contributed by atoms with van der Waals surface area (Å²) in [5.41, 5.74) is 3.41. The van der Waals surface area contributed by atoms with Crippen molar-refractivity contribution in [2.75, 3.05) is 26.9 Å². The quantitative estimate of drug-likeness (QED) is 0.626. The summed E-state index contributed by atoms with van der Waals surface area (Å²) in [6.45, 7) is 5.31. The summed E-state index contributed by atoms with van der Waals surface area (Å²) in [7, 11) is 1.58. The molecular weight excluding hydrogens is 396 g/mol. The van der Waals surface area contributed by atoms with E-state index in [9.17, 15) is 14.4 Å². The Morgan fingerprint density at radius 2 is 1.90 bits per heavy atom. The SMILES string of the molecule is CCOC(=O)C[C@@H](NC(=O)c1cccc2c1C(=O)N(CCOC)C2)c1ccc(C)cc1. The summed E-state index contributed by atoms with van der Waals surface area (Å²) >= 11 is 0. The molecule has 2 aromatic carbocycles. The van der Waals surface area contributed by atoms with Gasteiger partial charge in [-0.25, -0.2) is 0 Å². The van der Waals surface area contributed by atoms with Gasteiger partial charge in [0.25, 0.3) is 11.8 Å². The van der Waals surface area contributed by atoms with Crippen LogP contribution in [-0.4, -0.2) is 49.6 Å². The number of amides is 2. The first-order valence-electron chi connectivity index (χ1n) is 10.4. The molecular formula is C24H28N2O5. The Morgan fingerprint density at radius 1 is 1.16 bits per heavy atom. The number of esters is 1. The molecule has 0 saturated heterocycles. The van der Waals surface area contributed by atoms with Crippen LogP contribution in [0.25, 0.3) is 0 Å². The van der Waals surface area contributed by atoms with E-state index in [-0.39, 0.29) is 18.9 Å². The van der Waals surface area contributed by atoms with Crippen LogP contribution in [0.4, 0.5) is 0 Å². The molecule has 1 aliphatic heterocycles. The lowest BCUT2D eigenvalue weighted by molar-refractivity contribution is -0.143. The largest absolute Gasteiger partial charge is 0.466 e. The maximum Gasteiger partial charge on any atom is 0.308 e. The number of ether oxygens (including phenoxy) is 2. The molecule has 0 aromatic heterocycles. The molecule has 1 N–H and O–H groups in total. The summed E-state index contributed by atoms with van der Waals surface area (Å²) in [5.74, 6) is -0.975. The van der Waals surface area contributed by atoms with Crippen LogP contribution in [0.3, 0.4) is 0 Å². The molecule has 7 nitrogen and oxygen atoms in total. The highest BCUT2D eigenvalue weighted by molar-refractivity contribution is 6.09. The predicted octanol–water partition coefficient (Wildman–Crippen LogP) is 3.02. The van der Waals surface area contributed by atoms with Crippen LogP contribution in [0.15, 0.2) is 42.5 Å². The van der Waals surface area contributed by atoms with Crippen molar-refractivity contribution in [3.63, 3.8) is 0 Å². The minimum atomic E-state index is -0.566. The van der Waals surface area contributed by atoms with Crippen molar-refractivity contribution in [2.45, 2.75) is 32.9 Å². The zero-order valence-electron chi connectivity index (χ0n) is 18.1.